The van der Waals surface area contributed by atoms with Crippen molar-refractivity contribution >= 4 is 6.03 Å². The van der Waals surface area contributed by atoms with Gasteiger partial charge < -0.3 is 10.2 Å². The van der Waals surface area contributed by atoms with Crippen molar-refractivity contribution in [1.82, 2.24) is 15.2 Å². The zero-order valence-electron chi connectivity index (χ0n) is 13.5. The number of urea groups is 1. The van der Waals surface area contributed by atoms with Gasteiger partial charge >= 0.3 is 6.03 Å². The van der Waals surface area contributed by atoms with Gasteiger partial charge in [0.15, 0.2) is 0 Å². The molecule has 4 nitrogen and oxygen atoms in total. The van der Waals surface area contributed by atoms with E-state index in [9.17, 15) is 4.79 Å². The van der Waals surface area contributed by atoms with Gasteiger partial charge in [0.25, 0.3) is 0 Å². The first-order valence-electron chi connectivity index (χ1n) is 8.71. The second-order valence-electron chi connectivity index (χ2n) is 6.84. The molecule has 1 N–H and O–H groups in total. The highest BCUT2D eigenvalue weighted by Crippen LogP contribution is 2.32. The van der Waals surface area contributed by atoms with E-state index in [1.54, 1.807) is 12.4 Å². The summed E-state index contributed by atoms with van der Waals surface area (Å²) in [6, 6.07) is 4.52. The molecule has 120 valence electrons. The summed E-state index contributed by atoms with van der Waals surface area (Å²) in [5, 5.41) is 3.19. The molecule has 1 heterocycles. The molecule has 0 unspecified atom stereocenters. The molecular formula is C18H27N3O. The molecule has 0 bridgehead atoms. The SMILES string of the molecule is C[C@@H](NC(=O)N(CC1CC1)C1CCCCC1)c1ccncc1. The first-order chi connectivity index (χ1) is 10.7. The van der Waals surface area contributed by atoms with E-state index in [4.69, 9.17) is 0 Å². The molecule has 2 aliphatic rings. The smallest absolute Gasteiger partial charge is 0.318 e. The topological polar surface area (TPSA) is 45.2 Å². The van der Waals surface area contributed by atoms with Crippen LogP contribution in [0, 0.1) is 5.92 Å². The number of hydrogen-bond acceptors (Lipinski definition) is 2. The highest BCUT2D eigenvalue weighted by atomic mass is 16.2. The lowest BCUT2D eigenvalue weighted by atomic mass is 9.94. The number of carbonyl (C=O) groups is 1. The van der Waals surface area contributed by atoms with E-state index < -0.39 is 0 Å². The fraction of sp³-hybridized carbons (Fsp3) is 0.667. The van der Waals surface area contributed by atoms with Crippen molar-refractivity contribution in [3.05, 3.63) is 30.1 Å². The van der Waals surface area contributed by atoms with Crippen molar-refractivity contribution in [1.29, 1.82) is 0 Å². The fourth-order valence-electron chi connectivity index (χ4n) is 3.37. The summed E-state index contributed by atoms with van der Waals surface area (Å²) in [6.07, 6.45) is 12.3. The summed E-state index contributed by atoms with van der Waals surface area (Å²) < 4.78 is 0. The average Bonchev–Trinajstić information content (AvgIpc) is 3.38. The Morgan fingerprint density at radius 1 is 1.23 bits per heavy atom. The summed E-state index contributed by atoms with van der Waals surface area (Å²) in [5.74, 6) is 0.740. The first kappa shape index (κ1) is 15.3. The molecule has 2 saturated carbocycles. The second kappa shape index (κ2) is 7.12. The number of nitrogens with zero attached hydrogens (tertiary/aromatic N) is 2. The predicted octanol–water partition coefficient (Wildman–Crippen LogP) is 3.90. The molecule has 4 heteroatoms. The molecule has 1 aromatic rings. The Hall–Kier alpha value is -1.58. The van der Waals surface area contributed by atoms with Crippen LogP contribution in [-0.4, -0.2) is 28.5 Å². The number of carbonyl (C=O) groups excluding carboxylic acids is 1. The van der Waals surface area contributed by atoms with Crippen LogP contribution in [0.15, 0.2) is 24.5 Å². The van der Waals surface area contributed by atoms with Crippen molar-refractivity contribution < 1.29 is 4.79 Å². The second-order valence-corrected chi connectivity index (χ2v) is 6.84. The van der Waals surface area contributed by atoms with Crippen molar-refractivity contribution in [2.45, 2.75) is 64.0 Å². The minimum Gasteiger partial charge on any atom is -0.331 e. The van der Waals surface area contributed by atoms with Gasteiger partial charge in [-0.2, -0.15) is 0 Å². The Morgan fingerprint density at radius 3 is 2.55 bits per heavy atom. The zero-order chi connectivity index (χ0) is 15.4. The van der Waals surface area contributed by atoms with E-state index in [0.717, 1.165) is 18.0 Å². The molecule has 1 atom stereocenters. The van der Waals surface area contributed by atoms with E-state index in [2.05, 4.69) is 15.2 Å². The standard InChI is InChI=1S/C18H27N3O/c1-14(16-9-11-19-12-10-16)20-18(22)21(13-15-7-8-15)17-5-3-2-4-6-17/h9-12,14-15,17H,2-8,13H2,1H3,(H,20,22)/t14-/m1/s1. The lowest BCUT2D eigenvalue weighted by molar-refractivity contribution is 0.149. The van der Waals surface area contributed by atoms with Crippen LogP contribution in [0.25, 0.3) is 0 Å². The maximum Gasteiger partial charge on any atom is 0.318 e. The molecule has 2 fully saturated rings. The van der Waals surface area contributed by atoms with E-state index >= 15 is 0 Å². The van der Waals surface area contributed by atoms with Gasteiger partial charge in [0, 0.05) is 25.0 Å². The van der Waals surface area contributed by atoms with Gasteiger partial charge in [-0.1, -0.05) is 19.3 Å². The maximum atomic E-state index is 12.8. The monoisotopic (exact) mass is 301 g/mol. The van der Waals surface area contributed by atoms with Gasteiger partial charge in [0.2, 0.25) is 0 Å². The minimum absolute atomic E-state index is 0.0285. The van der Waals surface area contributed by atoms with E-state index in [0.29, 0.717) is 6.04 Å². The Morgan fingerprint density at radius 2 is 1.91 bits per heavy atom. The van der Waals surface area contributed by atoms with Gasteiger partial charge in [-0.15, -0.1) is 0 Å². The zero-order valence-corrected chi connectivity index (χ0v) is 13.5. The highest BCUT2D eigenvalue weighted by Gasteiger charge is 2.32. The number of hydrogen-bond donors (Lipinski definition) is 1. The third kappa shape index (κ3) is 3.99. The molecule has 2 aliphatic carbocycles. The van der Waals surface area contributed by atoms with Gasteiger partial charge in [0.05, 0.1) is 6.04 Å². The Balaban J connectivity index is 1.63. The predicted molar refractivity (Wildman–Crippen MR) is 87.5 cm³/mol. The van der Waals surface area contributed by atoms with Crippen LogP contribution in [0.5, 0.6) is 0 Å². The molecule has 0 saturated heterocycles. The first-order valence-corrected chi connectivity index (χ1v) is 8.71. The van der Waals surface area contributed by atoms with Crippen LogP contribution in [0.3, 0.4) is 0 Å². The number of rotatable bonds is 5. The third-order valence-corrected chi connectivity index (χ3v) is 4.97. The maximum absolute atomic E-state index is 12.8. The molecular weight excluding hydrogens is 274 g/mol. The van der Waals surface area contributed by atoms with Crippen molar-refractivity contribution in [3.63, 3.8) is 0 Å². The summed E-state index contributed by atoms with van der Waals surface area (Å²) in [5.41, 5.74) is 1.11. The highest BCUT2D eigenvalue weighted by molar-refractivity contribution is 5.75. The number of nitrogens with one attached hydrogen (secondary N) is 1. The molecule has 1 aromatic heterocycles. The fourth-order valence-corrected chi connectivity index (χ4v) is 3.37. The molecule has 0 aliphatic heterocycles. The van der Waals surface area contributed by atoms with E-state index in [1.807, 2.05) is 19.1 Å². The minimum atomic E-state index is 0.0285. The summed E-state index contributed by atoms with van der Waals surface area (Å²) in [7, 11) is 0. The quantitative estimate of drug-likeness (QED) is 0.896. The summed E-state index contributed by atoms with van der Waals surface area (Å²) >= 11 is 0. The van der Waals surface area contributed by atoms with Crippen molar-refractivity contribution in [2.75, 3.05) is 6.54 Å². The van der Waals surface area contributed by atoms with Crippen LogP contribution in [0.1, 0.15) is 63.5 Å². The Kier molecular flexibility index (Phi) is 4.96. The molecule has 0 radical (unpaired) electrons. The summed E-state index contributed by atoms with van der Waals surface area (Å²) in [4.78, 5) is 19.0. The van der Waals surface area contributed by atoms with Crippen LogP contribution in [0.4, 0.5) is 4.79 Å². The number of pyridine rings is 1. The van der Waals surface area contributed by atoms with E-state index in [-0.39, 0.29) is 12.1 Å². The average molecular weight is 301 g/mol. The molecule has 2 amide bonds. The normalized spacial score (nSPS) is 20.4. The third-order valence-electron chi connectivity index (χ3n) is 4.97. The molecule has 0 spiro atoms. The van der Waals surface area contributed by atoms with Crippen LogP contribution in [-0.2, 0) is 0 Å². The number of amides is 2. The van der Waals surface area contributed by atoms with Crippen LogP contribution < -0.4 is 5.32 Å². The van der Waals surface area contributed by atoms with Gasteiger partial charge in [-0.05, 0) is 56.2 Å². The van der Waals surface area contributed by atoms with Crippen molar-refractivity contribution in [2.24, 2.45) is 5.92 Å². The lowest BCUT2D eigenvalue weighted by Crippen LogP contribution is -2.48. The molecule has 3 rings (SSSR count). The van der Waals surface area contributed by atoms with Crippen molar-refractivity contribution in [3.8, 4) is 0 Å². The van der Waals surface area contributed by atoms with Crippen LogP contribution in [0.2, 0.25) is 0 Å². The summed E-state index contributed by atoms with van der Waals surface area (Å²) in [6.45, 7) is 2.99. The van der Waals surface area contributed by atoms with Crippen LogP contribution >= 0.6 is 0 Å². The van der Waals surface area contributed by atoms with Gasteiger partial charge in [-0.25, -0.2) is 4.79 Å². The molecule has 0 aromatic carbocycles. The number of aromatic nitrogens is 1. The van der Waals surface area contributed by atoms with Gasteiger partial charge in [0.1, 0.15) is 0 Å². The Labute approximate surface area is 133 Å². The van der Waals surface area contributed by atoms with Gasteiger partial charge in [-0.3, -0.25) is 4.98 Å². The Bertz CT molecular complexity index is 480. The lowest BCUT2D eigenvalue weighted by Gasteiger charge is -2.35. The largest absolute Gasteiger partial charge is 0.331 e. The van der Waals surface area contributed by atoms with E-state index in [1.165, 1.54) is 44.9 Å². The molecule has 22 heavy (non-hydrogen) atoms.